The minimum absolute atomic E-state index is 0.0870. The van der Waals surface area contributed by atoms with E-state index in [-0.39, 0.29) is 47.3 Å². The molecular weight excluding hydrogens is 484 g/mol. The lowest BCUT2D eigenvalue weighted by Crippen LogP contribution is -2.34. The van der Waals surface area contributed by atoms with E-state index in [0.29, 0.717) is 13.2 Å². The lowest BCUT2D eigenvalue weighted by molar-refractivity contribution is -0.156. The Bertz CT molecular complexity index is 1160. The minimum Gasteiger partial charge on any atom is -0.491 e. The molecule has 2 bridgehead atoms. The molecule has 3 saturated heterocycles. The standard InChI is InChI=1S/C21H24O4.C10H10O3/c1-21(2,15-3-7-17(8-4-15)22-11-19-13-24-19)16-5-9-18(10-6-16)23-12-20-14-25-20;1-10-6-3-2-5(4-6)7(10)8(11)13-9(10)12/h3-10,19-20H,11-14H2,1-2H3;2-3,5-7H,4H2,1H3/t;5-,6+,7+,10+/m.0/s1. The number of carbonyl (C=O) groups excluding carboxylic acids is 2. The summed E-state index contributed by atoms with van der Waals surface area (Å²) in [6.07, 6.45) is 5.62. The molecule has 0 aromatic heterocycles. The van der Waals surface area contributed by atoms with Gasteiger partial charge in [0.25, 0.3) is 0 Å². The van der Waals surface area contributed by atoms with E-state index in [9.17, 15) is 9.59 Å². The van der Waals surface area contributed by atoms with Crippen molar-refractivity contribution in [3.05, 3.63) is 71.8 Å². The normalized spacial score (nSPS) is 31.8. The smallest absolute Gasteiger partial charge is 0.320 e. The minimum atomic E-state index is -0.545. The molecule has 0 N–H and O–H groups in total. The lowest BCUT2D eigenvalue weighted by atomic mass is 9.72. The Morgan fingerprint density at radius 3 is 1.79 bits per heavy atom. The van der Waals surface area contributed by atoms with Gasteiger partial charge in [0.1, 0.15) is 36.9 Å². The Labute approximate surface area is 223 Å². The summed E-state index contributed by atoms with van der Waals surface area (Å²) in [5.74, 6) is 1.41. The van der Waals surface area contributed by atoms with E-state index in [0.717, 1.165) is 31.1 Å². The van der Waals surface area contributed by atoms with Crippen molar-refractivity contribution in [1.29, 1.82) is 0 Å². The number of allylic oxidation sites excluding steroid dienone is 2. The van der Waals surface area contributed by atoms with Crippen LogP contribution in [0.25, 0.3) is 0 Å². The van der Waals surface area contributed by atoms with Crippen LogP contribution in [0.1, 0.15) is 38.3 Å². The molecule has 0 spiro atoms. The first-order valence-electron chi connectivity index (χ1n) is 13.4. The highest BCUT2D eigenvalue weighted by atomic mass is 16.6. The first kappa shape index (κ1) is 25.1. The van der Waals surface area contributed by atoms with Gasteiger partial charge in [-0.1, -0.05) is 50.3 Å². The molecular formula is C31H34O7. The Hall–Kier alpha value is -3.16. The molecule has 1 saturated carbocycles. The summed E-state index contributed by atoms with van der Waals surface area (Å²) >= 11 is 0. The monoisotopic (exact) mass is 518 g/mol. The van der Waals surface area contributed by atoms with Crippen molar-refractivity contribution in [3.63, 3.8) is 0 Å². The molecule has 6 atom stereocenters. The zero-order chi connectivity index (χ0) is 26.5. The van der Waals surface area contributed by atoms with Gasteiger partial charge in [-0.25, -0.2) is 0 Å². The van der Waals surface area contributed by atoms with Gasteiger partial charge >= 0.3 is 11.9 Å². The van der Waals surface area contributed by atoms with Gasteiger partial charge in [-0.3, -0.25) is 9.59 Å². The van der Waals surface area contributed by atoms with Crippen LogP contribution in [0, 0.1) is 23.2 Å². The van der Waals surface area contributed by atoms with Gasteiger partial charge in [0.05, 0.1) is 24.5 Å². The second-order valence-electron chi connectivity index (χ2n) is 11.6. The molecule has 7 nitrogen and oxygen atoms in total. The van der Waals surface area contributed by atoms with Gasteiger partial charge in [0, 0.05) is 5.41 Å². The first-order chi connectivity index (χ1) is 18.2. The largest absolute Gasteiger partial charge is 0.491 e. The van der Waals surface area contributed by atoms with E-state index in [1.165, 1.54) is 11.1 Å². The van der Waals surface area contributed by atoms with Crippen LogP contribution in [0.5, 0.6) is 11.5 Å². The summed E-state index contributed by atoms with van der Waals surface area (Å²) in [5, 5.41) is 0. The second kappa shape index (κ2) is 9.54. The van der Waals surface area contributed by atoms with E-state index in [1.54, 1.807) is 0 Å². The van der Waals surface area contributed by atoms with E-state index >= 15 is 0 Å². The van der Waals surface area contributed by atoms with Crippen LogP contribution >= 0.6 is 0 Å². The third kappa shape index (κ3) is 4.74. The predicted molar refractivity (Wildman–Crippen MR) is 139 cm³/mol. The first-order valence-corrected chi connectivity index (χ1v) is 13.4. The molecule has 7 rings (SSSR count). The van der Waals surface area contributed by atoms with E-state index in [1.807, 2.05) is 31.2 Å². The number of epoxide rings is 2. The molecule has 2 aromatic rings. The van der Waals surface area contributed by atoms with Crippen LogP contribution in [0.2, 0.25) is 0 Å². The van der Waals surface area contributed by atoms with Crippen molar-refractivity contribution in [1.82, 2.24) is 0 Å². The van der Waals surface area contributed by atoms with Crippen LogP contribution in [0.4, 0.5) is 0 Å². The van der Waals surface area contributed by atoms with Crippen LogP contribution in [-0.4, -0.2) is 50.6 Å². The molecule has 2 unspecified atom stereocenters. The van der Waals surface area contributed by atoms with Crippen molar-refractivity contribution in [2.45, 2.75) is 44.8 Å². The zero-order valence-electron chi connectivity index (χ0n) is 22.1. The summed E-state index contributed by atoms with van der Waals surface area (Å²) in [6.45, 7) is 9.23. The van der Waals surface area contributed by atoms with Crippen LogP contribution in [-0.2, 0) is 29.2 Å². The van der Waals surface area contributed by atoms with E-state index in [4.69, 9.17) is 23.7 Å². The van der Waals surface area contributed by atoms with Crippen molar-refractivity contribution < 1.29 is 33.3 Å². The fourth-order valence-electron chi connectivity index (χ4n) is 5.87. The number of rotatable bonds is 8. The Balaban J connectivity index is 0.000000169. The maximum atomic E-state index is 11.5. The number of carbonyl (C=O) groups is 2. The van der Waals surface area contributed by atoms with Crippen LogP contribution in [0.15, 0.2) is 60.7 Å². The molecule has 0 radical (unpaired) electrons. The summed E-state index contributed by atoms with van der Waals surface area (Å²) in [5.41, 5.74) is 1.87. The van der Waals surface area contributed by atoms with Gasteiger partial charge in [-0.15, -0.1) is 0 Å². The number of esters is 2. The van der Waals surface area contributed by atoms with Crippen LogP contribution < -0.4 is 9.47 Å². The predicted octanol–water partition coefficient (Wildman–Crippen LogP) is 4.47. The number of ether oxygens (including phenoxy) is 5. The maximum absolute atomic E-state index is 11.5. The van der Waals surface area contributed by atoms with E-state index < -0.39 is 5.41 Å². The molecule has 5 aliphatic rings. The van der Waals surface area contributed by atoms with Crippen molar-refractivity contribution in [3.8, 4) is 11.5 Å². The third-order valence-electron chi connectivity index (χ3n) is 8.68. The highest BCUT2D eigenvalue weighted by molar-refractivity contribution is 6.00. The van der Waals surface area contributed by atoms with Crippen LogP contribution in [0.3, 0.4) is 0 Å². The Kier molecular flexibility index (Phi) is 6.31. The molecule has 3 heterocycles. The number of cyclic esters (lactones) is 2. The molecule has 200 valence electrons. The van der Waals surface area contributed by atoms with Gasteiger partial charge < -0.3 is 23.7 Å². The fourth-order valence-corrected chi connectivity index (χ4v) is 5.87. The van der Waals surface area contributed by atoms with Gasteiger partial charge in [0.2, 0.25) is 0 Å². The molecule has 2 aromatic carbocycles. The lowest BCUT2D eigenvalue weighted by Gasteiger charge is -2.26. The highest BCUT2D eigenvalue weighted by Crippen LogP contribution is 2.59. The maximum Gasteiger partial charge on any atom is 0.320 e. The average Bonchev–Trinajstić information content (AvgIpc) is 3.84. The molecule has 3 aliphatic heterocycles. The Morgan fingerprint density at radius 2 is 1.34 bits per heavy atom. The van der Waals surface area contributed by atoms with Crippen molar-refractivity contribution in [2.75, 3.05) is 26.4 Å². The SMILES string of the molecule is CC(C)(c1ccc(OCC2CO2)cc1)c1ccc(OCC2CO2)cc1.C[C@]12C(=O)OC(=O)[C@H]1[C@H]1C=C[C@@H]2C1. The molecule has 0 amide bonds. The molecule has 38 heavy (non-hydrogen) atoms. The zero-order valence-corrected chi connectivity index (χ0v) is 22.1. The number of benzene rings is 2. The third-order valence-corrected chi connectivity index (χ3v) is 8.68. The fraction of sp³-hybridized carbons (Fsp3) is 0.484. The molecule has 2 aliphatic carbocycles. The van der Waals surface area contributed by atoms with Gasteiger partial charge in [-0.05, 0) is 60.6 Å². The summed E-state index contributed by atoms with van der Waals surface area (Å²) in [7, 11) is 0. The number of hydrogen-bond acceptors (Lipinski definition) is 7. The topological polar surface area (TPSA) is 86.9 Å². The molecule has 4 fully saturated rings. The van der Waals surface area contributed by atoms with Gasteiger partial charge in [0.15, 0.2) is 0 Å². The second-order valence-corrected chi connectivity index (χ2v) is 11.6. The highest BCUT2D eigenvalue weighted by Gasteiger charge is 2.66. The Morgan fingerprint density at radius 1 is 0.842 bits per heavy atom. The molecule has 7 heteroatoms. The van der Waals surface area contributed by atoms with Crippen molar-refractivity contribution >= 4 is 11.9 Å². The van der Waals surface area contributed by atoms with E-state index in [2.05, 4.69) is 50.3 Å². The van der Waals surface area contributed by atoms with Crippen molar-refractivity contribution in [2.24, 2.45) is 23.2 Å². The van der Waals surface area contributed by atoms with Gasteiger partial charge in [-0.2, -0.15) is 0 Å². The summed E-state index contributed by atoms with van der Waals surface area (Å²) in [6, 6.07) is 16.7. The number of hydrogen-bond donors (Lipinski definition) is 0. The summed E-state index contributed by atoms with van der Waals surface area (Å²) in [4.78, 5) is 22.9. The number of fused-ring (bicyclic) bond motifs is 5. The quantitative estimate of drug-likeness (QED) is 0.221. The summed E-state index contributed by atoms with van der Waals surface area (Å²) < 4.78 is 26.5. The average molecular weight is 519 g/mol.